The Hall–Kier alpha value is -3.44. The quantitative estimate of drug-likeness (QED) is 0.538. The van der Waals surface area contributed by atoms with Gasteiger partial charge in [-0.1, -0.05) is 35.9 Å². The SMILES string of the molecule is O=C(Nc1cccc(F)c1)c1cccc(CC(=C2CCNCC2)c2cccc(O)c2)c1. The van der Waals surface area contributed by atoms with Crippen molar-refractivity contribution < 1.29 is 14.3 Å². The molecular formula is C26H25FN2O2. The Bertz CT molecular complexity index is 1120. The van der Waals surface area contributed by atoms with Gasteiger partial charge in [0.05, 0.1) is 0 Å². The fourth-order valence-corrected chi connectivity index (χ4v) is 3.95. The van der Waals surface area contributed by atoms with Crippen LogP contribution in [-0.2, 0) is 6.42 Å². The number of phenolic OH excluding ortho intramolecular Hbond substituents is 1. The normalized spacial score (nSPS) is 13.6. The van der Waals surface area contributed by atoms with E-state index in [1.165, 1.54) is 23.3 Å². The van der Waals surface area contributed by atoms with Crippen LogP contribution in [0.2, 0.25) is 0 Å². The Morgan fingerprint density at radius 3 is 2.45 bits per heavy atom. The van der Waals surface area contributed by atoms with E-state index in [-0.39, 0.29) is 11.7 Å². The summed E-state index contributed by atoms with van der Waals surface area (Å²) in [6, 6.07) is 20.7. The average Bonchev–Trinajstić information content (AvgIpc) is 2.78. The van der Waals surface area contributed by atoms with Crippen LogP contribution in [-0.4, -0.2) is 24.1 Å². The number of nitrogens with one attached hydrogen (secondary N) is 2. The number of anilines is 1. The summed E-state index contributed by atoms with van der Waals surface area (Å²) in [6.45, 7) is 1.88. The van der Waals surface area contributed by atoms with Gasteiger partial charge in [-0.25, -0.2) is 4.39 Å². The molecule has 3 N–H and O–H groups in total. The van der Waals surface area contributed by atoms with Crippen molar-refractivity contribution in [3.63, 3.8) is 0 Å². The van der Waals surface area contributed by atoms with Gasteiger partial charge in [-0.05, 0) is 91.5 Å². The molecule has 1 saturated heterocycles. The molecule has 3 aromatic rings. The van der Waals surface area contributed by atoms with Gasteiger partial charge in [-0.2, -0.15) is 0 Å². The molecule has 0 spiro atoms. The molecular weight excluding hydrogens is 391 g/mol. The second-order valence-corrected chi connectivity index (χ2v) is 7.72. The minimum absolute atomic E-state index is 0.243. The molecule has 0 aliphatic carbocycles. The number of piperidine rings is 1. The molecule has 0 bridgehead atoms. The second kappa shape index (κ2) is 9.58. The summed E-state index contributed by atoms with van der Waals surface area (Å²) in [7, 11) is 0. The van der Waals surface area contributed by atoms with E-state index in [4.69, 9.17) is 0 Å². The summed E-state index contributed by atoms with van der Waals surface area (Å²) in [4.78, 5) is 12.7. The largest absolute Gasteiger partial charge is 0.508 e. The van der Waals surface area contributed by atoms with Gasteiger partial charge < -0.3 is 15.7 Å². The second-order valence-electron chi connectivity index (χ2n) is 7.72. The number of rotatable bonds is 5. The van der Waals surface area contributed by atoms with Crippen LogP contribution in [0.1, 0.15) is 34.3 Å². The minimum atomic E-state index is -0.393. The lowest BCUT2D eigenvalue weighted by atomic mass is 9.89. The maximum Gasteiger partial charge on any atom is 0.255 e. The molecule has 1 heterocycles. The van der Waals surface area contributed by atoms with E-state index < -0.39 is 5.82 Å². The Morgan fingerprint density at radius 2 is 1.68 bits per heavy atom. The van der Waals surface area contributed by atoms with Crippen molar-refractivity contribution in [2.24, 2.45) is 0 Å². The summed E-state index contributed by atoms with van der Waals surface area (Å²) >= 11 is 0. The van der Waals surface area contributed by atoms with E-state index >= 15 is 0 Å². The predicted octanol–water partition coefficient (Wildman–Crippen LogP) is 5.16. The molecule has 0 aromatic heterocycles. The van der Waals surface area contributed by atoms with E-state index in [9.17, 15) is 14.3 Å². The number of benzene rings is 3. The molecule has 4 rings (SSSR count). The Kier molecular flexibility index (Phi) is 6.43. The van der Waals surface area contributed by atoms with E-state index in [1.54, 1.807) is 30.3 Å². The number of carbonyl (C=O) groups is 1. The number of amides is 1. The van der Waals surface area contributed by atoms with Crippen LogP contribution in [0.4, 0.5) is 10.1 Å². The first-order valence-corrected chi connectivity index (χ1v) is 10.5. The minimum Gasteiger partial charge on any atom is -0.508 e. The zero-order valence-corrected chi connectivity index (χ0v) is 17.2. The first-order valence-electron chi connectivity index (χ1n) is 10.5. The van der Waals surface area contributed by atoms with Gasteiger partial charge in [0, 0.05) is 11.3 Å². The van der Waals surface area contributed by atoms with Crippen molar-refractivity contribution in [1.82, 2.24) is 5.32 Å². The Balaban J connectivity index is 1.60. The monoisotopic (exact) mass is 416 g/mol. The molecule has 158 valence electrons. The lowest BCUT2D eigenvalue weighted by Gasteiger charge is -2.21. The fourth-order valence-electron chi connectivity index (χ4n) is 3.95. The fraction of sp³-hybridized carbons (Fsp3) is 0.192. The molecule has 3 aromatic carbocycles. The summed E-state index contributed by atoms with van der Waals surface area (Å²) in [6.07, 6.45) is 2.59. The van der Waals surface area contributed by atoms with Crippen LogP contribution >= 0.6 is 0 Å². The maximum atomic E-state index is 13.4. The van der Waals surface area contributed by atoms with Gasteiger partial charge in [0.1, 0.15) is 11.6 Å². The first-order chi connectivity index (χ1) is 15.1. The summed E-state index contributed by atoms with van der Waals surface area (Å²) in [5, 5.41) is 16.1. The highest BCUT2D eigenvalue weighted by Crippen LogP contribution is 2.30. The van der Waals surface area contributed by atoms with Crippen molar-refractivity contribution in [1.29, 1.82) is 0 Å². The van der Waals surface area contributed by atoms with E-state index in [0.717, 1.165) is 37.1 Å². The average molecular weight is 416 g/mol. The zero-order valence-electron chi connectivity index (χ0n) is 17.2. The van der Waals surface area contributed by atoms with Gasteiger partial charge in [0.25, 0.3) is 5.91 Å². The molecule has 1 aliphatic heterocycles. The predicted molar refractivity (Wildman–Crippen MR) is 122 cm³/mol. The highest BCUT2D eigenvalue weighted by atomic mass is 19.1. The molecule has 1 fully saturated rings. The number of hydrogen-bond donors (Lipinski definition) is 3. The molecule has 5 heteroatoms. The summed E-state index contributed by atoms with van der Waals surface area (Å²) in [5.74, 6) is -0.426. The zero-order chi connectivity index (χ0) is 21.6. The lowest BCUT2D eigenvalue weighted by Crippen LogP contribution is -2.24. The topological polar surface area (TPSA) is 61.4 Å². The van der Waals surface area contributed by atoms with Crippen molar-refractivity contribution in [3.8, 4) is 5.75 Å². The first kappa shape index (κ1) is 20.8. The molecule has 1 amide bonds. The van der Waals surface area contributed by atoms with Crippen molar-refractivity contribution in [2.45, 2.75) is 19.3 Å². The van der Waals surface area contributed by atoms with Crippen molar-refractivity contribution >= 4 is 17.2 Å². The third-order valence-electron chi connectivity index (χ3n) is 5.48. The summed E-state index contributed by atoms with van der Waals surface area (Å²) in [5.41, 5.74) is 5.53. The number of phenols is 1. The maximum absolute atomic E-state index is 13.4. The molecule has 0 unspecified atom stereocenters. The van der Waals surface area contributed by atoms with Crippen LogP contribution < -0.4 is 10.6 Å². The Morgan fingerprint density at radius 1 is 0.935 bits per heavy atom. The lowest BCUT2D eigenvalue weighted by molar-refractivity contribution is 0.102. The number of halogens is 1. The molecule has 0 atom stereocenters. The van der Waals surface area contributed by atoms with Crippen LogP contribution in [0.5, 0.6) is 5.75 Å². The van der Waals surface area contributed by atoms with Gasteiger partial charge in [0.15, 0.2) is 0 Å². The van der Waals surface area contributed by atoms with Crippen LogP contribution in [0.3, 0.4) is 0 Å². The smallest absolute Gasteiger partial charge is 0.255 e. The summed E-state index contributed by atoms with van der Waals surface area (Å²) < 4.78 is 13.4. The highest BCUT2D eigenvalue weighted by molar-refractivity contribution is 6.04. The molecule has 0 radical (unpaired) electrons. The van der Waals surface area contributed by atoms with Gasteiger partial charge in [-0.15, -0.1) is 0 Å². The van der Waals surface area contributed by atoms with Crippen LogP contribution in [0, 0.1) is 5.82 Å². The standard InChI is InChI=1S/C26H25FN2O2/c27-22-7-3-8-23(17-22)29-26(31)21-6-1-4-18(14-21)15-25(19-10-12-28-13-11-19)20-5-2-9-24(30)16-20/h1-9,14,16-17,28,30H,10-13,15H2,(H,29,31). The number of allylic oxidation sites excluding steroid dienone is 1. The Labute approximate surface area is 181 Å². The van der Waals surface area contributed by atoms with E-state index in [0.29, 0.717) is 17.7 Å². The van der Waals surface area contributed by atoms with Crippen molar-refractivity contribution in [3.05, 3.63) is 101 Å². The van der Waals surface area contributed by atoms with Gasteiger partial charge in [-0.3, -0.25) is 4.79 Å². The highest BCUT2D eigenvalue weighted by Gasteiger charge is 2.15. The van der Waals surface area contributed by atoms with E-state index in [1.807, 2.05) is 30.3 Å². The van der Waals surface area contributed by atoms with Crippen molar-refractivity contribution in [2.75, 3.05) is 18.4 Å². The third kappa shape index (κ3) is 5.38. The number of hydrogen-bond acceptors (Lipinski definition) is 3. The van der Waals surface area contributed by atoms with E-state index in [2.05, 4.69) is 10.6 Å². The van der Waals surface area contributed by atoms with Gasteiger partial charge in [0.2, 0.25) is 0 Å². The molecule has 1 aliphatic rings. The molecule has 0 saturated carbocycles. The molecule has 31 heavy (non-hydrogen) atoms. The number of aromatic hydroxyl groups is 1. The van der Waals surface area contributed by atoms with Crippen LogP contribution in [0.25, 0.3) is 5.57 Å². The van der Waals surface area contributed by atoms with Gasteiger partial charge >= 0.3 is 0 Å². The molecule has 4 nitrogen and oxygen atoms in total. The number of carbonyl (C=O) groups excluding carboxylic acids is 1. The van der Waals surface area contributed by atoms with Crippen LogP contribution in [0.15, 0.2) is 78.4 Å². The third-order valence-corrected chi connectivity index (χ3v) is 5.48.